The number of thiophene rings is 1. The SMILES string of the molecule is Nc1sc2ccc(CO)cc2c1F. The van der Waals surface area contributed by atoms with Crippen LogP contribution in [0.15, 0.2) is 18.2 Å². The van der Waals surface area contributed by atoms with Crippen LogP contribution in [-0.2, 0) is 6.61 Å². The second kappa shape index (κ2) is 2.97. The molecule has 0 unspecified atom stereocenters. The van der Waals surface area contributed by atoms with Gasteiger partial charge in [0.25, 0.3) is 0 Å². The summed E-state index contributed by atoms with van der Waals surface area (Å²) in [4.78, 5) is 0. The van der Waals surface area contributed by atoms with Crippen molar-refractivity contribution in [3.8, 4) is 0 Å². The Labute approximate surface area is 78.4 Å². The molecule has 0 spiro atoms. The first-order valence-corrected chi connectivity index (χ1v) is 4.61. The second-order valence-electron chi connectivity index (χ2n) is 2.77. The zero-order chi connectivity index (χ0) is 9.42. The minimum Gasteiger partial charge on any atom is -0.392 e. The molecule has 4 heteroatoms. The van der Waals surface area contributed by atoms with Gasteiger partial charge in [0.05, 0.1) is 6.61 Å². The van der Waals surface area contributed by atoms with Gasteiger partial charge in [0.2, 0.25) is 0 Å². The van der Waals surface area contributed by atoms with Crippen molar-refractivity contribution in [1.29, 1.82) is 0 Å². The summed E-state index contributed by atoms with van der Waals surface area (Å²) in [6.07, 6.45) is 0. The van der Waals surface area contributed by atoms with Gasteiger partial charge in [0.15, 0.2) is 5.82 Å². The molecule has 0 aliphatic carbocycles. The quantitative estimate of drug-likeness (QED) is 0.735. The first-order valence-electron chi connectivity index (χ1n) is 3.79. The van der Waals surface area contributed by atoms with E-state index in [-0.39, 0.29) is 17.4 Å². The van der Waals surface area contributed by atoms with E-state index in [4.69, 9.17) is 10.8 Å². The van der Waals surface area contributed by atoms with E-state index in [0.717, 1.165) is 4.70 Å². The van der Waals surface area contributed by atoms with Gasteiger partial charge in [-0.15, -0.1) is 11.3 Å². The Morgan fingerprint density at radius 3 is 2.92 bits per heavy atom. The Bertz CT molecular complexity index is 452. The number of hydrogen-bond donors (Lipinski definition) is 2. The highest BCUT2D eigenvalue weighted by Crippen LogP contribution is 2.32. The lowest BCUT2D eigenvalue weighted by atomic mass is 10.2. The third-order valence-electron chi connectivity index (χ3n) is 1.90. The molecule has 0 saturated heterocycles. The van der Waals surface area contributed by atoms with Gasteiger partial charge in [-0.3, -0.25) is 0 Å². The number of hydrogen-bond acceptors (Lipinski definition) is 3. The van der Waals surface area contributed by atoms with E-state index < -0.39 is 0 Å². The molecular formula is C9H8FNOS. The van der Waals surface area contributed by atoms with Crippen molar-refractivity contribution >= 4 is 26.4 Å². The number of aliphatic hydroxyl groups is 1. The average Bonchev–Trinajstić information content (AvgIpc) is 2.43. The molecule has 0 saturated carbocycles. The van der Waals surface area contributed by atoms with Crippen molar-refractivity contribution in [1.82, 2.24) is 0 Å². The Morgan fingerprint density at radius 2 is 2.23 bits per heavy atom. The molecular weight excluding hydrogens is 189 g/mol. The minimum absolute atomic E-state index is 0.0782. The van der Waals surface area contributed by atoms with Gasteiger partial charge in [-0.05, 0) is 17.7 Å². The molecule has 1 aromatic carbocycles. The number of aliphatic hydroxyl groups excluding tert-OH is 1. The van der Waals surface area contributed by atoms with Crippen LogP contribution in [0.5, 0.6) is 0 Å². The molecule has 0 radical (unpaired) electrons. The Kier molecular flexibility index (Phi) is 1.94. The Morgan fingerprint density at radius 1 is 1.46 bits per heavy atom. The van der Waals surface area contributed by atoms with E-state index >= 15 is 0 Å². The maximum Gasteiger partial charge on any atom is 0.165 e. The molecule has 0 bridgehead atoms. The number of fused-ring (bicyclic) bond motifs is 1. The van der Waals surface area contributed by atoms with Crippen molar-refractivity contribution in [2.24, 2.45) is 0 Å². The Hall–Kier alpha value is -1.13. The lowest BCUT2D eigenvalue weighted by Gasteiger charge is -1.94. The number of nitrogens with two attached hydrogens (primary N) is 1. The third kappa shape index (κ3) is 1.28. The van der Waals surface area contributed by atoms with Crippen molar-refractivity contribution < 1.29 is 9.50 Å². The fraction of sp³-hybridized carbons (Fsp3) is 0.111. The van der Waals surface area contributed by atoms with Crippen LogP contribution in [0, 0.1) is 5.82 Å². The molecule has 2 rings (SSSR count). The Balaban J connectivity index is 2.75. The van der Waals surface area contributed by atoms with E-state index in [1.54, 1.807) is 18.2 Å². The second-order valence-corrected chi connectivity index (χ2v) is 3.85. The molecule has 2 aromatic rings. The van der Waals surface area contributed by atoms with E-state index in [2.05, 4.69) is 0 Å². The van der Waals surface area contributed by atoms with Crippen molar-refractivity contribution in [3.63, 3.8) is 0 Å². The lowest BCUT2D eigenvalue weighted by Crippen LogP contribution is -1.83. The van der Waals surface area contributed by atoms with Gasteiger partial charge in [0, 0.05) is 10.1 Å². The predicted molar refractivity (Wildman–Crippen MR) is 52.1 cm³/mol. The van der Waals surface area contributed by atoms with E-state index in [1.807, 2.05) is 0 Å². The maximum atomic E-state index is 13.3. The van der Waals surface area contributed by atoms with Gasteiger partial charge >= 0.3 is 0 Å². The molecule has 0 atom stereocenters. The molecule has 68 valence electrons. The largest absolute Gasteiger partial charge is 0.392 e. The standard InChI is InChI=1S/C9H8FNOS/c10-8-6-3-5(4-12)1-2-7(6)13-9(8)11/h1-3,12H,4,11H2. The van der Waals surface area contributed by atoms with E-state index in [1.165, 1.54) is 11.3 Å². The maximum absolute atomic E-state index is 13.3. The van der Waals surface area contributed by atoms with Crippen LogP contribution in [0.25, 0.3) is 10.1 Å². The van der Waals surface area contributed by atoms with Crippen LogP contribution in [0.4, 0.5) is 9.39 Å². The van der Waals surface area contributed by atoms with Crippen LogP contribution >= 0.6 is 11.3 Å². The fourth-order valence-electron chi connectivity index (χ4n) is 1.23. The van der Waals surface area contributed by atoms with Crippen LogP contribution in [-0.4, -0.2) is 5.11 Å². The molecule has 1 heterocycles. The highest BCUT2D eigenvalue weighted by atomic mass is 32.1. The summed E-state index contributed by atoms with van der Waals surface area (Å²) in [6, 6.07) is 5.15. The smallest absolute Gasteiger partial charge is 0.165 e. The van der Waals surface area contributed by atoms with Gasteiger partial charge in [-0.25, -0.2) is 4.39 Å². The summed E-state index contributed by atoms with van der Waals surface area (Å²) in [5.41, 5.74) is 6.12. The van der Waals surface area contributed by atoms with Crippen molar-refractivity contribution in [2.75, 3.05) is 5.73 Å². The first-order chi connectivity index (χ1) is 6.22. The normalized spacial score (nSPS) is 10.9. The highest BCUT2D eigenvalue weighted by molar-refractivity contribution is 7.22. The minimum atomic E-state index is -0.379. The molecule has 3 N–H and O–H groups in total. The zero-order valence-corrected chi connectivity index (χ0v) is 7.57. The summed E-state index contributed by atoms with van der Waals surface area (Å²) in [5, 5.41) is 9.54. The molecule has 1 aromatic heterocycles. The summed E-state index contributed by atoms with van der Waals surface area (Å²) in [5.74, 6) is -0.379. The fourth-order valence-corrected chi connectivity index (χ4v) is 2.06. The number of anilines is 1. The molecule has 0 aliphatic rings. The van der Waals surface area contributed by atoms with Crippen molar-refractivity contribution in [2.45, 2.75) is 6.61 Å². The lowest BCUT2D eigenvalue weighted by molar-refractivity contribution is 0.282. The monoisotopic (exact) mass is 197 g/mol. The number of benzene rings is 1. The van der Waals surface area contributed by atoms with Crippen LogP contribution < -0.4 is 5.73 Å². The highest BCUT2D eigenvalue weighted by Gasteiger charge is 2.08. The van der Waals surface area contributed by atoms with E-state index in [9.17, 15) is 4.39 Å². The summed E-state index contributed by atoms with van der Waals surface area (Å²) < 4.78 is 14.1. The number of halogens is 1. The van der Waals surface area contributed by atoms with Gasteiger partial charge < -0.3 is 10.8 Å². The predicted octanol–water partition coefficient (Wildman–Crippen LogP) is 2.11. The van der Waals surface area contributed by atoms with E-state index in [0.29, 0.717) is 10.9 Å². The van der Waals surface area contributed by atoms with Gasteiger partial charge in [-0.1, -0.05) is 6.07 Å². The topological polar surface area (TPSA) is 46.2 Å². The first kappa shape index (κ1) is 8.47. The molecule has 0 fully saturated rings. The molecule has 2 nitrogen and oxygen atoms in total. The third-order valence-corrected chi connectivity index (χ3v) is 2.87. The van der Waals surface area contributed by atoms with Crippen LogP contribution in [0.3, 0.4) is 0 Å². The molecule has 0 aliphatic heterocycles. The zero-order valence-electron chi connectivity index (χ0n) is 6.75. The van der Waals surface area contributed by atoms with Crippen LogP contribution in [0.2, 0.25) is 0 Å². The van der Waals surface area contributed by atoms with Gasteiger partial charge in [-0.2, -0.15) is 0 Å². The number of rotatable bonds is 1. The molecule has 0 amide bonds. The summed E-state index contributed by atoms with van der Waals surface area (Å²) in [6.45, 7) is -0.0782. The molecule has 13 heavy (non-hydrogen) atoms. The van der Waals surface area contributed by atoms with Crippen molar-refractivity contribution in [3.05, 3.63) is 29.6 Å². The van der Waals surface area contributed by atoms with Crippen LogP contribution in [0.1, 0.15) is 5.56 Å². The average molecular weight is 197 g/mol. The van der Waals surface area contributed by atoms with Gasteiger partial charge in [0.1, 0.15) is 5.00 Å². The summed E-state index contributed by atoms with van der Waals surface area (Å²) in [7, 11) is 0. The number of nitrogen functional groups attached to an aromatic ring is 1. The summed E-state index contributed by atoms with van der Waals surface area (Å²) >= 11 is 1.22.